The zero-order chi connectivity index (χ0) is 24.6. The van der Waals surface area contributed by atoms with Gasteiger partial charge in [-0.2, -0.15) is 4.98 Å². The SMILES string of the molecule is CCOc1cc(O)c(F)c(N2Cc3cnc(NC)nc3N(C3CCC(C(=O)O)CC3)C2=O)c1Cl. The van der Waals surface area contributed by atoms with Crippen LogP contribution in [-0.4, -0.2) is 51.9 Å². The molecule has 34 heavy (non-hydrogen) atoms. The number of phenols is 1. The lowest BCUT2D eigenvalue weighted by molar-refractivity contribution is -0.142. The maximum Gasteiger partial charge on any atom is 0.330 e. The van der Waals surface area contributed by atoms with Crippen LogP contribution < -0.4 is 19.9 Å². The molecule has 0 radical (unpaired) electrons. The average molecular weight is 494 g/mol. The summed E-state index contributed by atoms with van der Waals surface area (Å²) in [6.45, 7) is 1.86. The average Bonchev–Trinajstić information content (AvgIpc) is 2.83. The molecule has 182 valence electrons. The molecule has 1 saturated carbocycles. The van der Waals surface area contributed by atoms with Crippen LogP contribution in [0.1, 0.15) is 38.2 Å². The van der Waals surface area contributed by atoms with E-state index in [1.165, 1.54) is 4.90 Å². The fourth-order valence-electron chi connectivity index (χ4n) is 4.46. The Morgan fingerprint density at radius 2 is 2.06 bits per heavy atom. The second kappa shape index (κ2) is 9.49. The van der Waals surface area contributed by atoms with E-state index in [9.17, 15) is 19.8 Å². The number of anilines is 3. The zero-order valence-corrected chi connectivity index (χ0v) is 19.5. The standard InChI is InChI=1S/C22H25ClFN5O5/c1-3-34-15-8-14(30)17(24)18(16(15)23)28-10-12-9-26-21(25-2)27-19(12)29(22(28)33)13-6-4-11(5-7-13)20(31)32/h8-9,11,13,30H,3-7,10H2,1-2H3,(H,31,32)(H,25,26,27). The number of ether oxygens (including phenoxy) is 1. The number of carboxylic acid groups (broad SMARTS) is 1. The van der Waals surface area contributed by atoms with Gasteiger partial charge in [-0.3, -0.25) is 14.6 Å². The molecule has 0 unspecified atom stereocenters. The molecule has 1 fully saturated rings. The van der Waals surface area contributed by atoms with Crippen LogP contribution in [0.4, 0.5) is 26.6 Å². The van der Waals surface area contributed by atoms with Gasteiger partial charge in [0.25, 0.3) is 0 Å². The third kappa shape index (κ3) is 4.15. The van der Waals surface area contributed by atoms with Gasteiger partial charge in [-0.1, -0.05) is 11.6 Å². The summed E-state index contributed by atoms with van der Waals surface area (Å²) >= 11 is 6.43. The Morgan fingerprint density at radius 1 is 1.35 bits per heavy atom. The molecule has 0 bridgehead atoms. The van der Waals surface area contributed by atoms with Crippen molar-refractivity contribution >= 4 is 41.1 Å². The van der Waals surface area contributed by atoms with Gasteiger partial charge in [-0.15, -0.1) is 0 Å². The summed E-state index contributed by atoms with van der Waals surface area (Å²) in [5, 5.41) is 22.2. The molecule has 2 aliphatic rings. The van der Waals surface area contributed by atoms with Crippen molar-refractivity contribution < 1.29 is 28.9 Å². The van der Waals surface area contributed by atoms with Crippen molar-refractivity contribution in [2.45, 2.75) is 45.2 Å². The van der Waals surface area contributed by atoms with Crippen molar-refractivity contribution in [3.05, 3.63) is 28.7 Å². The molecule has 4 rings (SSSR count). The quantitative estimate of drug-likeness (QED) is 0.550. The fraction of sp³-hybridized carbons (Fsp3) is 0.455. The number of aromatic hydroxyl groups is 1. The molecule has 0 spiro atoms. The molecule has 1 aliphatic heterocycles. The van der Waals surface area contributed by atoms with Crippen LogP contribution >= 0.6 is 11.6 Å². The fourth-order valence-corrected chi connectivity index (χ4v) is 4.76. The monoisotopic (exact) mass is 493 g/mol. The Labute approximate surface area is 200 Å². The van der Waals surface area contributed by atoms with E-state index in [0.29, 0.717) is 43.0 Å². The second-order valence-corrected chi connectivity index (χ2v) is 8.56. The first-order valence-electron chi connectivity index (χ1n) is 11.0. The number of aromatic nitrogens is 2. The van der Waals surface area contributed by atoms with E-state index >= 15 is 4.39 Å². The van der Waals surface area contributed by atoms with E-state index in [1.54, 1.807) is 20.2 Å². The lowest BCUT2D eigenvalue weighted by Crippen LogP contribution is -2.53. The number of amides is 2. The van der Waals surface area contributed by atoms with Crippen molar-refractivity contribution in [1.29, 1.82) is 0 Å². The summed E-state index contributed by atoms with van der Waals surface area (Å²) in [5.74, 6) is -2.35. The minimum Gasteiger partial charge on any atom is -0.505 e. The van der Waals surface area contributed by atoms with Gasteiger partial charge in [-0.25, -0.2) is 14.2 Å². The number of carbonyl (C=O) groups is 2. The molecule has 2 heterocycles. The summed E-state index contributed by atoms with van der Waals surface area (Å²) in [6.07, 6.45) is 3.23. The first-order chi connectivity index (χ1) is 16.3. The Kier molecular flexibility index (Phi) is 6.65. The summed E-state index contributed by atoms with van der Waals surface area (Å²) in [6, 6.07) is 0.135. The van der Waals surface area contributed by atoms with Crippen molar-refractivity contribution in [3.8, 4) is 11.5 Å². The van der Waals surface area contributed by atoms with Gasteiger partial charge in [0.05, 0.1) is 19.1 Å². The second-order valence-electron chi connectivity index (χ2n) is 8.18. The molecule has 3 N–H and O–H groups in total. The van der Waals surface area contributed by atoms with Crippen molar-refractivity contribution in [1.82, 2.24) is 9.97 Å². The van der Waals surface area contributed by atoms with Gasteiger partial charge in [0.15, 0.2) is 11.6 Å². The van der Waals surface area contributed by atoms with Crippen LogP contribution in [-0.2, 0) is 11.3 Å². The molecule has 2 aromatic rings. The molecule has 0 saturated heterocycles. The van der Waals surface area contributed by atoms with Gasteiger partial charge in [0, 0.05) is 30.9 Å². The van der Waals surface area contributed by atoms with E-state index in [4.69, 9.17) is 16.3 Å². The first kappa shape index (κ1) is 23.8. The molecule has 0 atom stereocenters. The predicted molar refractivity (Wildman–Crippen MR) is 123 cm³/mol. The number of rotatable bonds is 6. The maximum atomic E-state index is 15.1. The van der Waals surface area contributed by atoms with Crippen LogP contribution in [0.3, 0.4) is 0 Å². The van der Waals surface area contributed by atoms with Gasteiger partial charge in [0.1, 0.15) is 22.3 Å². The zero-order valence-electron chi connectivity index (χ0n) is 18.7. The van der Waals surface area contributed by atoms with E-state index in [-0.39, 0.29) is 35.7 Å². The third-order valence-electron chi connectivity index (χ3n) is 6.16. The van der Waals surface area contributed by atoms with E-state index in [0.717, 1.165) is 11.0 Å². The van der Waals surface area contributed by atoms with Gasteiger partial charge in [0.2, 0.25) is 5.95 Å². The Morgan fingerprint density at radius 3 is 2.68 bits per heavy atom. The van der Waals surface area contributed by atoms with Gasteiger partial charge < -0.3 is 20.3 Å². The molecule has 10 nitrogen and oxygen atoms in total. The number of phenolic OH excluding ortho intramolecular Hbond substituents is 1. The number of carbonyl (C=O) groups excluding carboxylic acids is 1. The molecule has 1 aromatic carbocycles. The third-order valence-corrected chi connectivity index (χ3v) is 6.53. The normalized spacial score (nSPS) is 20.2. The minimum absolute atomic E-state index is 0.0481. The molecule has 1 aliphatic carbocycles. The highest BCUT2D eigenvalue weighted by Crippen LogP contribution is 2.45. The number of nitrogens with zero attached hydrogens (tertiary/aromatic N) is 4. The van der Waals surface area contributed by atoms with Crippen LogP contribution in [0, 0.1) is 11.7 Å². The Bertz CT molecular complexity index is 1130. The van der Waals surface area contributed by atoms with Gasteiger partial charge in [-0.05, 0) is 32.6 Å². The lowest BCUT2D eigenvalue weighted by Gasteiger charge is -2.42. The first-order valence-corrected chi connectivity index (χ1v) is 11.4. The van der Waals surface area contributed by atoms with Crippen molar-refractivity contribution in [2.75, 3.05) is 28.8 Å². The Hall–Kier alpha value is -3.34. The molecular formula is C22H25ClFN5O5. The summed E-state index contributed by atoms with van der Waals surface area (Å²) in [5.41, 5.74) is 0.249. The summed E-state index contributed by atoms with van der Waals surface area (Å²) in [7, 11) is 1.65. The largest absolute Gasteiger partial charge is 0.505 e. The topological polar surface area (TPSA) is 128 Å². The number of hydrogen-bond acceptors (Lipinski definition) is 7. The smallest absolute Gasteiger partial charge is 0.330 e. The van der Waals surface area contributed by atoms with Gasteiger partial charge >= 0.3 is 12.0 Å². The van der Waals surface area contributed by atoms with Crippen LogP contribution in [0.2, 0.25) is 5.02 Å². The lowest BCUT2D eigenvalue weighted by atomic mass is 9.85. The number of aliphatic carboxylic acids is 1. The highest BCUT2D eigenvalue weighted by atomic mass is 35.5. The number of hydrogen-bond donors (Lipinski definition) is 3. The predicted octanol–water partition coefficient (Wildman–Crippen LogP) is 4.01. The molecule has 2 amide bonds. The number of nitrogens with one attached hydrogen (secondary N) is 1. The molecule has 1 aromatic heterocycles. The van der Waals surface area contributed by atoms with Crippen LogP contribution in [0.15, 0.2) is 12.3 Å². The van der Waals surface area contributed by atoms with Crippen LogP contribution in [0.5, 0.6) is 11.5 Å². The number of carboxylic acids is 1. The highest BCUT2D eigenvalue weighted by molar-refractivity contribution is 6.35. The minimum atomic E-state index is -1.05. The van der Waals surface area contributed by atoms with E-state index in [2.05, 4.69) is 15.3 Å². The number of fused-ring (bicyclic) bond motifs is 1. The summed E-state index contributed by atoms with van der Waals surface area (Å²) < 4.78 is 20.6. The Balaban J connectivity index is 1.79. The van der Waals surface area contributed by atoms with E-state index in [1.807, 2.05) is 0 Å². The van der Waals surface area contributed by atoms with Crippen molar-refractivity contribution in [2.24, 2.45) is 5.92 Å². The van der Waals surface area contributed by atoms with E-state index < -0.39 is 29.5 Å². The highest BCUT2D eigenvalue weighted by Gasteiger charge is 2.41. The number of benzene rings is 1. The summed E-state index contributed by atoms with van der Waals surface area (Å²) in [4.78, 5) is 36.5. The maximum absolute atomic E-state index is 15.1. The number of halogens is 2. The van der Waals surface area contributed by atoms with Crippen molar-refractivity contribution in [3.63, 3.8) is 0 Å². The molecule has 12 heteroatoms. The number of urea groups is 1. The molecular weight excluding hydrogens is 469 g/mol. The van der Waals surface area contributed by atoms with Crippen LogP contribution in [0.25, 0.3) is 0 Å².